The number of sulfonamides is 1. The zero-order chi connectivity index (χ0) is 14.9. The lowest BCUT2D eigenvalue weighted by atomic mass is 10.3. The maximum atomic E-state index is 13.2. The average Bonchev–Trinajstić information content (AvgIpc) is 2.77. The first-order valence-corrected chi connectivity index (χ1v) is 8.19. The Morgan fingerprint density at radius 2 is 2.20 bits per heavy atom. The van der Waals surface area contributed by atoms with Crippen LogP contribution in [-0.4, -0.2) is 13.4 Å². The maximum Gasteiger partial charge on any atom is 0.242 e. The number of thiazole rings is 1. The second kappa shape index (κ2) is 5.65. The fraction of sp³-hybridized carbons (Fsp3) is 0.182. The van der Waals surface area contributed by atoms with Crippen molar-refractivity contribution < 1.29 is 12.8 Å². The van der Waals surface area contributed by atoms with Crippen LogP contribution in [0.25, 0.3) is 0 Å². The summed E-state index contributed by atoms with van der Waals surface area (Å²) in [5.74, 6) is -0.760. The Morgan fingerprint density at radius 1 is 1.50 bits per heavy atom. The van der Waals surface area contributed by atoms with Crippen LogP contribution in [0.3, 0.4) is 0 Å². The van der Waals surface area contributed by atoms with E-state index in [1.54, 1.807) is 5.38 Å². The number of rotatable bonds is 4. The molecule has 0 amide bonds. The Labute approximate surface area is 124 Å². The van der Waals surface area contributed by atoms with Gasteiger partial charge in [-0.2, -0.15) is 0 Å². The van der Waals surface area contributed by atoms with Gasteiger partial charge in [-0.15, -0.1) is 11.3 Å². The predicted molar refractivity (Wildman–Crippen MR) is 76.7 cm³/mol. The molecule has 0 fully saturated rings. The third kappa shape index (κ3) is 3.26. The van der Waals surface area contributed by atoms with Crippen molar-refractivity contribution in [2.75, 3.05) is 5.73 Å². The molecule has 0 aliphatic carbocycles. The van der Waals surface area contributed by atoms with Gasteiger partial charge in [0.1, 0.15) is 10.7 Å². The molecule has 20 heavy (non-hydrogen) atoms. The molecule has 0 radical (unpaired) electrons. The minimum atomic E-state index is -3.88. The number of nitrogen functional groups attached to an aromatic ring is 1. The fourth-order valence-corrected chi connectivity index (χ4v) is 3.65. The minimum Gasteiger partial charge on any atom is -0.396 e. The van der Waals surface area contributed by atoms with Gasteiger partial charge in [0.25, 0.3) is 0 Å². The van der Waals surface area contributed by atoms with Crippen LogP contribution in [0, 0.1) is 12.7 Å². The molecule has 1 heterocycles. The molecule has 1 aromatic heterocycles. The van der Waals surface area contributed by atoms with Gasteiger partial charge in [-0.25, -0.2) is 22.5 Å². The molecule has 5 nitrogen and oxygen atoms in total. The van der Waals surface area contributed by atoms with E-state index in [0.717, 1.165) is 17.1 Å². The zero-order valence-corrected chi connectivity index (χ0v) is 12.7. The molecule has 2 aromatic rings. The van der Waals surface area contributed by atoms with Crippen molar-refractivity contribution >= 4 is 38.6 Å². The first kappa shape index (κ1) is 15.2. The largest absolute Gasteiger partial charge is 0.396 e. The second-order valence-electron chi connectivity index (χ2n) is 3.99. The van der Waals surface area contributed by atoms with Gasteiger partial charge in [-0.1, -0.05) is 11.6 Å². The number of nitrogens with two attached hydrogens (primary N) is 1. The van der Waals surface area contributed by atoms with Crippen molar-refractivity contribution in [3.05, 3.63) is 39.1 Å². The summed E-state index contributed by atoms with van der Waals surface area (Å²) in [4.78, 5) is 3.88. The number of benzene rings is 1. The summed E-state index contributed by atoms with van der Waals surface area (Å²) in [6.45, 7) is 1.85. The van der Waals surface area contributed by atoms with Crippen molar-refractivity contribution in [1.29, 1.82) is 0 Å². The van der Waals surface area contributed by atoms with Crippen LogP contribution in [-0.2, 0) is 16.6 Å². The first-order chi connectivity index (χ1) is 9.29. The highest BCUT2D eigenvalue weighted by Crippen LogP contribution is 2.26. The molecule has 0 aliphatic heterocycles. The summed E-state index contributed by atoms with van der Waals surface area (Å²) in [6.07, 6.45) is 0. The van der Waals surface area contributed by atoms with E-state index in [1.807, 2.05) is 6.92 Å². The van der Waals surface area contributed by atoms with Crippen LogP contribution in [0.1, 0.15) is 10.7 Å². The van der Waals surface area contributed by atoms with E-state index in [9.17, 15) is 12.8 Å². The summed E-state index contributed by atoms with van der Waals surface area (Å²) in [6, 6.07) is 1.87. The third-order valence-electron chi connectivity index (χ3n) is 2.45. The highest BCUT2D eigenvalue weighted by Gasteiger charge is 2.20. The van der Waals surface area contributed by atoms with E-state index < -0.39 is 15.8 Å². The van der Waals surface area contributed by atoms with Crippen molar-refractivity contribution in [2.24, 2.45) is 0 Å². The number of nitrogens with one attached hydrogen (secondary N) is 1. The molecule has 2 rings (SSSR count). The van der Waals surface area contributed by atoms with Crippen LogP contribution in [0.15, 0.2) is 22.4 Å². The van der Waals surface area contributed by atoms with Gasteiger partial charge in [0.15, 0.2) is 0 Å². The van der Waals surface area contributed by atoms with Gasteiger partial charge in [-0.3, -0.25) is 0 Å². The predicted octanol–water partition coefficient (Wildman–Crippen LogP) is 2.30. The summed E-state index contributed by atoms with van der Waals surface area (Å²) < 4.78 is 39.7. The minimum absolute atomic E-state index is 0.0281. The molecule has 9 heteroatoms. The van der Waals surface area contributed by atoms with Gasteiger partial charge in [0.05, 0.1) is 28.0 Å². The number of hydrogen-bond acceptors (Lipinski definition) is 5. The number of anilines is 1. The Kier molecular flexibility index (Phi) is 4.28. The molecule has 3 N–H and O–H groups in total. The molecule has 0 bridgehead atoms. The summed E-state index contributed by atoms with van der Waals surface area (Å²) in [5, 5.41) is 2.36. The Hall–Kier alpha value is -1.22. The van der Waals surface area contributed by atoms with E-state index in [-0.39, 0.29) is 22.2 Å². The highest BCUT2D eigenvalue weighted by molar-refractivity contribution is 7.89. The molecule has 0 saturated heterocycles. The van der Waals surface area contributed by atoms with Crippen molar-refractivity contribution in [2.45, 2.75) is 18.4 Å². The lowest BCUT2D eigenvalue weighted by Crippen LogP contribution is -2.24. The SMILES string of the molecule is Cc1nc(CNS(=O)(=O)c2cc(N)c(F)cc2Cl)cs1. The number of aryl methyl sites for hydroxylation is 1. The smallest absolute Gasteiger partial charge is 0.242 e. The Morgan fingerprint density at radius 3 is 2.80 bits per heavy atom. The molecular formula is C11H11ClFN3O2S2. The van der Waals surface area contributed by atoms with Crippen molar-refractivity contribution in [1.82, 2.24) is 9.71 Å². The van der Waals surface area contributed by atoms with Gasteiger partial charge in [0, 0.05) is 5.38 Å². The van der Waals surface area contributed by atoms with Gasteiger partial charge >= 0.3 is 0 Å². The van der Waals surface area contributed by atoms with Crippen LogP contribution < -0.4 is 10.5 Å². The summed E-state index contributed by atoms with van der Waals surface area (Å²) in [7, 11) is -3.88. The third-order valence-corrected chi connectivity index (χ3v) is 5.14. The molecule has 0 spiro atoms. The van der Waals surface area contributed by atoms with Crippen LogP contribution in [0.2, 0.25) is 5.02 Å². The quantitative estimate of drug-likeness (QED) is 0.840. The molecule has 108 valence electrons. The first-order valence-electron chi connectivity index (χ1n) is 5.45. The highest BCUT2D eigenvalue weighted by atomic mass is 35.5. The fourth-order valence-electron chi connectivity index (χ4n) is 1.49. The van der Waals surface area contributed by atoms with Gasteiger partial charge in [0.2, 0.25) is 10.0 Å². The van der Waals surface area contributed by atoms with E-state index >= 15 is 0 Å². The maximum absolute atomic E-state index is 13.2. The average molecular weight is 336 g/mol. The van der Waals surface area contributed by atoms with Crippen LogP contribution in [0.5, 0.6) is 0 Å². The monoisotopic (exact) mass is 335 g/mol. The summed E-state index contributed by atoms with van der Waals surface area (Å²) >= 11 is 7.16. The lowest BCUT2D eigenvalue weighted by Gasteiger charge is -2.08. The standard InChI is InChI=1S/C11H11ClFN3O2S2/c1-6-16-7(5-19-6)4-15-20(17,18)11-3-10(14)9(13)2-8(11)12/h2-3,5,15H,4,14H2,1H3. The Bertz CT molecular complexity index is 746. The van der Waals surface area contributed by atoms with E-state index in [0.29, 0.717) is 5.69 Å². The number of aromatic nitrogens is 1. The second-order valence-corrected chi connectivity index (χ2v) is 7.19. The van der Waals surface area contributed by atoms with Gasteiger partial charge in [-0.05, 0) is 19.1 Å². The normalized spacial score (nSPS) is 11.8. The van der Waals surface area contributed by atoms with Crippen LogP contribution >= 0.6 is 22.9 Å². The number of halogens is 2. The van der Waals surface area contributed by atoms with Gasteiger partial charge < -0.3 is 5.73 Å². The Balaban J connectivity index is 2.24. The number of nitrogens with zero attached hydrogens (tertiary/aromatic N) is 1. The molecule has 0 saturated carbocycles. The van der Waals surface area contributed by atoms with Crippen LogP contribution in [0.4, 0.5) is 10.1 Å². The van der Waals surface area contributed by atoms with Crippen molar-refractivity contribution in [3.8, 4) is 0 Å². The van der Waals surface area contributed by atoms with E-state index in [2.05, 4.69) is 9.71 Å². The summed E-state index contributed by atoms with van der Waals surface area (Å²) in [5.41, 5.74) is 5.68. The lowest BCUT2D eigenvalue weighted by molar-refractivity contribution is 0.580. The van der Waals surface area contributed by atoms with E-state index in [4.69, 9.17) is 17.3 Å². The van der Waals surface area contributed by atoms with Crippen molar-refractivity contribution in [3.63, 3.8) is 0 Å². The molecule has 0 atom stereocenters. The topological polar surface area (TPSA) is 85.1 Å². The molecule has 1 aromatic carbocycles. The molecule has 0 aliphatic rings. The molecule has 0 unspecified atom stereocenters. The zero-order valence-electron chi connectivity index (χ0n) is 10.4. The van der Waals surface area contributed by atoms with E-state index in [1.165, 1.54) is 11.3 Å². The molecular weight excluding hydrogens is 325 g/mol. The number of hydrogen-bond donors (Lipinski definition) is 2.